The summed E-state index contributed by atoms with van der Waals surface area (Å²) in [5.74, 6) is 1.65. The van der Waals surface area contributed by atoms with Gasteiger partial charge in [-0.05, 0) is 32.1 Å². The van der Waals surface area contributed by atoms with Crippen molar-refractivity contribution >= 4 is 40.0 Å². The summed E-state index contributed by atoms with van der Waals surface area (Å²) in [4.78, 5) is 8.77. The van der Waals surface area contributed by atoms with Crippen molar-refractivity contribution in [3.8, 4) is 0 Å². The highest BCUT2D eigenvalue weighted by molar-refractivity contribution is 14.0. The third-order valence-corrected chi connectivity index (χ3v) is 6.83. The van der Waals surface area contributed by atoms with Crippen LogP contribution in [-0.2, 0) is 23.0 Å². The molecule has 1 aromatic heterocycles. The molecule has 1 saturated heterocycles. The molecule has 9 nitrogen and oxygen atoms in total. The number of hydrogen-bond donors (Lipinski definition) is 2. The lowest BCUT2D eigenvalue weighted by molar-refractivity contribution is -0.0496. The van der Waals surface area contributed by atoms with Crippen LogP contribution >= 0.6 is 24.0 Å². The Morgan fingerprint density at radius 3 is 2.63 bits per heavy atom. The fourth-order valence-electron chi connectivity index (χ4n) is 3.57. The summed E-state index contributed by atoms with van der Waals surface area (Å²) in [6.07, 6.45) is 3.97. The topological polar surface area (TPSA) is 105 Å². The lowest BCUT2D eigenvalue weighted by atomic mass is 9.98. The van der Waals surface area contributed by atoms with Crippen LogP contribution in [0.2, 0.25) is 0 Å². The Morgan fingerprint density at radius 2 is 2.00 bits per heavy atom. The van der Waals surface area contributed by atoms with Gasteiger partial charge >= 0.3 is 15.5 Å². The summed E-state index contributed by atoms with van der Waals surface area (Å²) in [6, 6.07) is 0.153. The van der Waals surface area contributed by atoms with E-state index in [1.807, 2.05) is 11.6 Å². The molecule has 1 unspecified atom stereocenters. The Balaban J connectivity index is 0.00000320. The highest BCUT2D eigenvalue weighted by Gasteiger charge is 2.50. The number of fused-ring (bicyclic) bond motifs is 1. The van der Waals surface area contributed by atoms with Crippen LogP contribution in [-0.4, -0.2) is 71.2 Å². The monoisotopic (exact) mass is 565 g/mol. The molecule has 0 amide bonds. The van der Waals surface area contributed by atoms with Crippen molar-refractivity contribution in [3.63, 3.8) is 0 Å². The number of rotatable bonds is 5. The van der Waals surface area contributed by atoms with E-state index in [9.17, 15) is 21.6 Å². The second-order valence-electron chi connectivity index (χ2n) is 7.25. The molecule has 0 aliphatic carbocycles. The van der Waals surface area contributed by atoms with Crippen molar-refractivity contribution in [3.05, 3.63) is 12.2 Å². The van der Waals surface area contributed by atoms with Crippen LogP contribution in [0.3, 0.4) is 0 Å². The molecule has 0 radical (unpaired) electrons. The Morgan fingerprint density at radius 1 is 1.30 bits per heavy atom. The van der Waals surface area contributed by atoms with Crippen LogP contribution in [0.25, 0.3) is 0 Å². The number of piperidine rings is 1. The number of nitrogens with one attached hydrogen (secondary N) is 2. The number of aromatic nitrogens is 3. The van der Waals surface area contributed by atoms with E-state index in [2.05, 4.69) is 25.7 Å². The van der Waals surface area contributed by atoms with E-state index < -0.39 is 15.5 Å². The number of hydrogen-bond acceptors (Lipinski definition) is 5. The third kappa shape index (κ3) is 5.96. The van der Waals surface area contributed by atoms with E-state index in [-0.39, 0.29) is 49.0 Å². The van der Waals surface area contributed by atoms with Gasteiger partial charge in [-0.15, -0.1) is 24.0 Å². The number of nitrogens with zero attached hydrogens (tertiary/aromatic N) is 5. The highest BCUT2D eigenvalue weighted by atomic mass is 127. The molecule has 30 heavy (non-hydrogen) atoms. The Hall–Kier alpha value is -1.16. The smallest absolute Gasteiger partial charge is 0.357 e. The van der Waals surface area contributed by atoms with E-state index in [0.717, 1.165) is 18.7 Å². The lowest BCUT2D eigenvalue weighted by Gasteiger charge is -2.31. The maximum Gasteiger partial charge on any atom is 0.511 e. The molecule has 1 atom stereocenters. The van der Waals surface area contributed by atoms with Crippen LogP contribution in [0.15, 0.2) is 11.3 Å². The van der Waals surface area contributed by atoms with E-state index in [4.69, 9.17) is 0 Å². The third-order valence-electron chi connectivity index (χ3n) is 5.20. The average molecular weight is 565 g/mol. The molecule has 0 saturated carbocycles. The first kappa shape index (κ1) is 25.1. The number of sulfonamides is 1. The minimum absolute atomic E-state index is 0. The predicted octanol–water partition coefficient (Wildman–Crippen LogP) is 1.33. The molecule has 14 heteroatoms. The Kier molecular flexibility index (Phi) is 8.73. The minimum Gasteiger partial charge on any atom is -0.357 e. The van der Waals surface area contributed by atoms with Gasteiger partial charge in [-0.2, -0.15) is 22.6 Å². The van der Waals surface area contributed by atoms with Crippen LogP contribution in [0.4, 0.5) is 13.2 Å². The number of aliphatic imine (C=N–C) groups is 1. The molecule has 2 aliphatic heterocycles. The molecular formula is C16H27F3IN7O2S. The second-order valence-corrected chi connectivity index (χ2v) is 9.18. The number of guanidine groups is 1. The van der Waals surface area contributed by atoms with Crippen molar-refractivity contribution in [2.75, 3.05) is 26.2 Å². The van der Waals surface area contributed by atoms with Gasteiger partial charge < -0.3 is 10.6 Å². The highest BCUT2D eigenvalue weighted by Crippen LogP contribution is 2.30. The molecule has 0 bridgehead atoms. The molecule has 3 rings (SSSR count). The van der Waals surface area contributed by atoms with Crippen LogP contribution < -0.4 is 10.6 Å². The standard InChI is InChI=1S/C16H26F3N7O2S.HI/c1-2-20-15(24-13-3-4-14-22-11-23-26(14)10-13)21-9-12-5-7-25(8-6-12)29(27,28)16(17,18)19;/h11-13H,2-10H2,1H3,(H2,20,21,24);1H. The summed E-state index contributed by atoms with van der Waals surface area (Å²) in [6.45, 7) is 3.47. The van der Waals surface area contributed by atoms with Gasteiger partial charge in [0.05, 0.1) is 6.54 Å². The fraction of sp³-hybridized carbons (Fsp3) is 0.812. The second kappa shape index (κ2) is 10.4. The fourth-order valence-corrected chi connectivity index (χ4v) is 4.55. The molecule has 1 aromatic rings. The molecule has 0 spiro atoms. The number of aryl methyl sites for hydroxylation is 1. The maximum absolute atomic E-state index is 12.7. The molecule has 3 heterocycles. The molecular weight excluding hydrogens is 538 g/mol. The van der Waals surface area contributed by atoms with E-state index in [0.29, 0.717) is 42.7 Å². The normalized spacial score (nSPS) is 21.6. The lowest BCUT2D eigenvalue weighted by Crippen LogP contribution is -2.47. The van der Waals surface area contributed by atoms with Crippen molar-refractivity contribution in [2.24, 2.45) is 10.9 Å². The van der Waals surface area contributed by atoms with E-state index in [1.54, 1.807) is 6.33 Å². The summed E-state index contributed by atoms with van der Waals surface area (Å²) < 4.78 is 63.4. The largest absolute Gasteiger partial charge is 0.511 e. The zero-order valence-electron chi connectivity index (χ0n) is 16.6. The first-order valence-electron chi connectivity index (χ1n) is 9.68. The number of alkyl halides is 3. The first-order chi connectivity index (χ1) is 13.7. The van der Waals surface area contributed by atoms with Crippen LogP contribution in [0.1, 0.15) is 32.0 Å². The van der Waals surface area contributed by atoms with Crippen molar-refractivity contribution in [1.82, 2.24) is 29.7 Å². The molecule has 172 valence electrons. The Labute approximate surface area is 191 Å². The summed E-state index contributed by atoms with van der Waals surface area (Å²) >= 11 is 0. The van der Waals surface area contributed by atoms with Crippen molar-refractivity contribution in [1.29, 1.82) is 0 Å². The minimum atomic E-state index is -5.25. The average Bonchev–Trinajstić information content (AvgIpc) is 3.13. The summed E-state index contributed by atoms with van der Waals surface area (Å²) in [5, 5.41) is 10.7. The van der Waals surface area contributed by atoms with Crippen molar-refractivity contribution < 1.29 is 21.6 Å². The van der Waals surface area contributed by atoms with Gasteiger partial charge in [-0.25, -0.2) is 18.1 Å². The first-order valence-corrected chi connectivity index (χ1v) is 11.1. The SMILES string of the molecule is CCNC(=NCC1CCN(S(=O)(=O)C(F)(F)F)CC1)NC1CCc2ncnn2C1.I. The quantitative estimate of drug-likeness (QED) is 0.317. The van der Waals surface area contributed by atoms with Gasteiger partial charge in [-0.1, -0.05) is 0 Å². The Bertz CT molecular complexity index is 823. The zero-order valence-corrected chi connectivity index (χ0v) is 19.7. The molecule has 2 N–H and O–H groups in total. The van der Waals surface area contributed by atoms with E-state index in [1.165, 1.54) is 0 Å². The van der Waals surface area contributed by atoms with Gasteiger partial charge in [0.15, 0.2) is 5.96 Å². The van der Waals surface area contributed by atoms with Gasteiger partial charge in [0, 0.05) is 38.6 Å². The maximum atomic E-state index is 12.7. The summed E-state index contributed by atoms with van der Waals surface area (Å²) in [5.41, 5.74) is -5.25. The van der Waals surface area contributed by atoms with Gasteiger partial charge in [-0.3, -0.25) is 4.99 Å². The molecule has 0 aromatic carbocycles. The molecule has 1 fully saturated rings. The summed E-state index contributed by atoms with van der Waals surface area (Å²) in [7, 11) is -5.24. The van der Waals surface area contributed by atoms with Crippen molar-refractivity contribution in [2.45, 2.75) is 50.7 Å². The van der Waals surface area contributed by atoms with Gasteiger partial charge in [0.25, 0.3) is 0 Å². The van der Waals surface area contributed by atoms with E-state index >= 15 is 0 Å². The van der Waals surface area contributed by atoms with Gasteiger partial charge in [0.1, 0.15) is 12.2 Å². The zero-order chi connectivity index (χ0) is 21.1. The predicted molar refractivity (Wildman–Crippen MR) is 116 cm³/mol. The number of halogens is 4. The van der Waals surface area contributed by atoms with Crippen LogP contribution in [0.5, 0.6) is 0 Å². The van der Waals surface area contributed by atoms with Crippen LogP contribution in [0, 0.1) is 5.92 Å². The van der Waals surface area contributed by atoms with Gasteiger partial charge in [0.2, 0.25) is 0 Å². The molecule has 2 aliphatic rings.